The van der Waals surface area contributed by atoms with E-state index in [1.807, 2.05) is 0 Å². The van der Waals surface area contributed by atoms with E-state index in [1.54, 1.807) is 0 Å². The van der Waals surface area contributed by atoms with Crippen LogP contribution in [0, 0.1) is 11.8 Å². The zero-order valence-corrected chi connectivity index (χ0v) is 9.45. The second-order valence-corrected chi connectivity index (χ2v) is 4.20. The van der Waals surface area contributed by atoms with Crippen LogP contribution < -0.4 is 0 Å². The molecule has 0 spiro atoms. The van der Waals surface area contributed by atoms with Crippen molar-refractivity contribution in [1.82, 2.24) is 4.90 Å². The number of rotatable bonds is 3. The van der Waals surface area contributed by atoms with E-state index in [4.69, 9.17) is 4.74 Å². The predicted octanol–water partition coefficient (Wildman–Crippen LogP) is 1.53. The van der Waals surface area contributed by atoms with Crippen molar-refractivity contribution in [2.24, 2.45) is 11.8 Å². The Labute approximate surface area is 86.4 Å². The second-order valence-electron chi connectivity index (χ2n) is 4.20. The average molecular weight is 199 g/mol. The molecule has 1 aliphatic rings. The fourth-order valence-corrected chi connectivity index (χ4v) is 2.38. The number of hydrogen-bond acceptors (Lipinski definition) is 3. The molecule has 3 heteroatoms. The van der Waals surface area contributed by atoms with Crippen LogP contribution in [0.5, 0.6) is 0 Å². The van der Waals surface area contributed by atoms with Crippen molar-refractivity contribution in [3.63, 3.8) is 0 Å². The zero-order chi connectivity index (χ0) is 10.6. The number of carbonyl (C=O) groups excluding carboxylic acids is 1. The molecule has 1 rings (SSSR count). The summed E-state index contributed by atoms with van der Waals surface area (Å²) in [6, 6.07) is 0. The van der Waals surface area contributed by atoms with Crippen molar-refractivity contribution in [2.75, 3.05) is 27.2 Å². The highest BCUT2D eigenvalue weighted by atomic mass is 16.5. The molecule has 0 bridgehead atoms. The Morgan fingerprint density at radius 1 is 1.64 bits per heavy atom. The SMILES string of the molecule is CCC(C(=O)OC)C1CCCN(C)C1. The molecular weight excluding hydrogens is 178 g/mol. The van der Waals surface area contributed by atoms with Gasteiger partial charge in [-0.2, -0.15) is 0 Å². The van der Waals surface area contributed by atoms with E-state index in [0.29, 0.717) is 5.92 Å². The number of methoxy groups -OCH3 is 1. The van der Waals surface area contributed by atoms with E-state index in [9.17, 15) is 4.79 Å². The lowest BCUT2D eigenvalue weighted by Gasteiger charge is -2.33. The molecule has 1 heterocycles. The quantitative estimate of drug-likeness (QED) is 0.646. The van der Waals surface area contributed by atoms with Crippen LogP contribution in [0.3, 0.4) is 0 Å². The van der Waals surface area contributed by atoms with Crippen LogP contribution in [-0.2, 0) is 9.53 Å². The summed E-state index contributed by atoms with van der Waals surface area (Å²) < 4.78 is 4.83. The van der Waals surface area contributed by atoms with E-state index in [2.05, 4.69) is 18.9 Å². The van der Waals surface area contributed by atoms with Crippen LogP contribution in [0.1, 0.15) is 26.2 Å². The van der Waals surface area contributed by atoms with Gasteiger partial charge >= 0.3 is 5.97 Å². The molecule has 2 atom stereocenters. The number of nitrogens with zero attached hydrogens (tertiary/aromatic N) is 1. The van der Waals surface area contributed by atoms with Crippen molar-refractivity contribution in [1.29, 1.82) is 0 Å². The van der Waals surface area contributed by atoms with Gasteiger partial charge in [0, 0.05) is 6.54 Å². The summed E-state index contributed by atoms with van der Waals surface area (Å²) in [6.07, 6.45) is 3.26. The maximum atomic E-state index is 11.5. The van der Waals surface area contributed by atoms with Crippen molar-refractivity contribution < 1.29 is 9.53 Å². The average Bonchev–Trinajstić information content (AvgIpc) is 2.19. The van der Waals surface area contributed by atoms with Crippen LogP contribution in [-0.4, -0.2) is 38.1 Å². The van der Waals surface area contributed by atoms with Crippen LogP contribution in [0.4, 0.5) is 0 Å². The molecule has 0 N–H and O–H groups in total. The fourth-order valence-electron chi connectivity index (χ4n) is 2.38. The van der Waals surface area contributed by atoms with Crippen LogP contribution in [0.15, 0.2) is 0 Å². The van der Waals surface area contributed by atoms with Crippen molar-refractivity contribution in [3.05, 3.63) is 0 Å². The first-order chi connectivity index (χ1) is 6.69. The summed E-state index contributed by atoms with van der Waals surface area (Å²) in [4.78, 5) is 13.8. The molecule has 1 saturated heterocycles. The van der Waals surface area contributed by atoms with E-state index in [0.717, 1.165) is 25.9 Å². The molecule has 2 unspecified atom stereocenters. The van der Waals surface area contributed by atoms with Crippen LogP contribution in [0.2, 0.25) is 0 Å². The minimum atomic E-state index is -0.0344. The molecule has 14 heavy (non-hydrogen) atoms. The van der Waals surface area contributed by atoms with Gasteiger partial charge in [-0.3, -0.25) is 4.79 Å². The standard InChI is InChI=1S/C11H21NO2/c1-4-10(11(13)14-3)9-6-5-7-12(2)8-9/h9-10H,4-8H2,1-3H3. The summed E-state index contributed by atoms with van der Waals surface area (Å²) in [5.41, 5.74) is 0. The second kappa shape index (κ2) is 5.35. The molecule has 0 aliphatic carbocycles. The van der Waals surface area contributed by atoms with Gasteiger partial charge in [0.1, 0.15) is 0 Å². The maximum absolute atomic E-state index is 11.5. The Bertz CT molecular complexity index is 194. The van der Waals surface area contributed by atoms with Crippen molar-refractivity contribution in [2.45, 2.75) is 26.2 Å². The Kier molecular flexibility index (Phi) is 4.39. The van der Waals surface area contributed by atoms with Gasteiger partial charge in [-0.1, -0.05) is 6.92 Å². The highest BCUT2D eigenvalue weighted by molar-refractivity contribution is 5.72. The smallest absolute Gasteiger partial charge is 0.308 e. The lowest BCUT2D eigenvalue weighted by atomic mass is 9.84. The summed E-state index contributed by atoms with van der Waals surface area (Å²) in [5.74, 6) is 0.557. The topological polar surface area (TPSA) is 29.5 Å². The monoisotopic (exact) mass is 199 g/mol. The van der Waals surface area contributed by atoms with Gasteiger partial charge in [0.25, 0.3) is 0 Å². The molecule has 0 radical (unpaired) electrons. The minimum absolute atomic E-state index is 0.0344. The zero-order valence-electron chi connectivity index (χ0n) is 9.45. The van der Waals surface area contributed by atoms with Gasteiger partial charge in [0.15, 0.2) is 0 Å². The highest BCUT2D eigenvalue weighted by Gasteiger charge is 2.30. The Morgan fingerprint density at radius 2 is 2.36 bits per heavy atom. The summed E-state index contributed by atoms with van der Waals surface area (Å²) in [6.45, 7) is 4.26. The van der Waals surface area contributed by atoms with E-state index < -0.39 is 0 Å². The fraction of sp³-hybridized carbons (Fsp3) is 0.909. The first-order valence-corrected chi connectivity index (χ1v) is 5.45. The number of hydrogen-bond donors (Lipinski definition) is 0. The maximum Gasteiger partial charge on any atom is 0.308 e. The lowest BCUT2D eigenvalue weighted by molar-refractivity contribution is -0.148. The normalized spacial score (nSPS) is 25.8. The molecular formula is C11H21NO2. The molecule has 0 aromatic heterocycles. The number of likely N-dealkylation sites (tertiary alicyclic amines) is 1. The van der Waals surface area contributed by atoms with E-state index >= 15 is 0 Å². The highest BCUT2D eigenvalue weighted by Crippen LogP contribution is 2.26. The summed E-state index contributed by atoms with van der Waals surface area (Å²) in [7, 11) is 3.60. The predicted molar refractivity (Wildman–Crippen MR) is 56.0 cm³/mol. The van der Waals surface area contributed by atoms with Gasteiger partial charge in [0.2, 0.25) is 0 Å². The van der Waals surface area contributed by atoms with Gasteiger partial charge in [-0.15, -0.1) is 0 Å². The first kappa shape index (κ1) is 11.5. The summed E-state index contributed by atoms with van der Waals surface area (Å²) >= 11 is 0. The van der Waals surface area contributed by atoms with Gasteiger partial charge in [-0.05, 0) is 38.8 Å². The lowest BCUT2D eigenvalue weighted by Crippen LogP contribution is -2.38. The molecule has 82 valence electrons. The van der Waals surface area contributed by atoms with Gasteiger partial charge in [-0.25, -0.2) is 0 Å². The molecule has 1 aliphatic heterocycles. The van der Waals surface area contributed by atoms with Gasteiger partial charge < -0.3 is 9.64 Å². The third-order valence-corrected chi connectivity index (χ3v) is 3.17. The number of ether oxygens (including phenoxy) is 1. The van der Waals surface area contributed by atoms with Crippen molar-refractivity contribution in [3.8, 4) is 0 Å². The van der Waals surface area contributed by atoms with E-state index in [1.165, 1.54) is 13.5 Å². The summed E-state index contributed by atoms with van der Waals surface area (Å²) in [5, 5.41) is 0. The van der Waals surface area contributed by atoms with Crippen LogP contribution >= 0.6 is 0 Å². The van der Waals surface area contributed by atoms with Gasteiger partial charge in [0.05, 0.1) is 13.0 Å². The number of piperidine rings is 1. The molecule has 0 saturated carbocycles. The minimum Gasteiger partial charge on any atom is -0.469 e. The molecule has 0 aromatic rings. The van der Waals surface area contributed by atoms with E-state index in [-0.39, 0.29) is 11.9 Å². The first-order valence-electron chi connectivity index (χ1n) is 5.45. The molecule has 0 aromatic carbocycles. The Hall–Kier alpha value is -0.570. The molecule has 3 nitrogen and oxygen atoms in total. The molecule has 1 fully saturated rings. The van der Waals surface area contributed by atoms with Crippen molar-refractivity contribution >= 4 is 5.97 Å². The molecule has 0 amide bonds. The Balaban J connectivity index is 2.54. The van der Waals surface area contributed by atoms with Crippen LogP contribution in [0.25, 0.3) is 0 Å². The third-order valence-electron chi connectivity index (χ3n) is 3.17. The Morgan fingerprint density at radius 3 is 2.86 bits per heavy atom. The largest absolute Gasteiger partial charge is 0.469 e. The third kappa shape index (κ3) is 2.71. The number of esters is 1. The number of carbonyl (C=O) groups is 1.